The van der Waals surface area contributed by atoms with Gasteiger partial charge in [0.05, 0.1) is 0 Å². The van der Waals surface area contributed by atoms with Crippen LogP contribution in [0.3, 0.4) is 0 Å². The lowest BCUT2D eigenvalue weighted by atomic mass is 9.66. The second kappa shape index (κ2) is 9.16. The van der Waals surface area contributed by atoms with Crippen molar-refractivity contribution >= 4 is 17.4 Å². The third kappa shape index (κ3) is 4.26. The van der Waals surface area contributed by atoms with Crippen molar-refractivity contribution in [1.29, 1.82) is 0 Å². The molecule has 1 heteroatoms. The van der Waals surface area contributed by atoms with Crippen LogP contribution in [0.2, 0.25) is 0 Å². The monoisotopic (exact) mass is 349 g/mol. The van der Waals surface area contributed by atoms with Crippen LogP contribution in [0.1, 0.15) is 67.2 Å². The molecule has 0 aliphatic heterocycles. The zero-order valence-electron chi connectivity index (χ0n) is 17.5. The summed E-state index contributed by atoms with van der Waals surface area (Å²) in [6.45, 7) is 13.4. The van der Waals surface area contributed by atoms with Crippen molar-refractivity contribution in [2.24, 2.45) is 16.3 Å². The zero-order chi connectivity index (χ0) is 19.2. The van der Waals surface area contributed by atoms with Gasteiger partial charge in [-0.05, 0) is 66.9 Å². The van der Waals surface area contributed by atoms with Gasteiger partial charge in [-0.3, -0.25) is 4.99 Å². The smallest absolute Gasteiger partial charge is 0.0442 e. The molecule has 1 nitrogen and oxygen atoms in total. The lowest BCUT2D eigenvalue weighted by Gasteiger charge is -2.38. The Morgan fingerprint density at radius 3 is 2.54 bits per heavy atom. The van der Waals surface area contributed by atoms with E-state index in [-0.39, 0.29) is 5.41 Å². The minimum atomic E-state index is 0.146. The minimum absolute atomic E-state index is 0.146. The van der Waals surface area contributed by atoms with Crippen molar-refractivity contribution < 1.29 is 0 Å². The average Bonchev–Trinajstić information content (AvgIpc) is 2.68. The van der Waals surface area contributed by atoms with Gasteiger partial charge in [-0.15, -0.1) is 0 Å². The standard InChI is InChI=1S/C25H35N/c1-7-17-25(6,10-4)22-16-15-20-13-11-12-14-21(20)24(22)23(9-3)26-18-19(5)8-2/h7,11-15,17-18,22H,8-10,16H2,1-6H3/b17-7?,19-18-,26-23?. The van der Waals surface area contributed by atoms with E-state index >= 15 is 0 Å². The third-order valence-corrected chi connectivity index (χ3v) is 5.92. The molecule has 0 radical (unpaired) electrons. The maximum absolute atomic E-state index is 4.97. The summed E-state index contributed by atoms with van der Waals surface area (Å²) in [5.41, 5.74) is 4.17. The molecule has 0 fully saturated rings. The van der Waals surface area contributed by atoms with Gasteiger partial charge in [-0.25, -0.2) is 0 Å². The van der Waals surface area contributed by atoms with E-state index in [1.807, 2.05) is 0 Å². The Morgan fingerprint density at radius 2 is 1.92 bits per heavy atom. The summed E-state index contributed by atoms with van der Waals surface area (Å²) in [5, 5.41) is 2.73. The van der Waals surface area contributed by atoms with Gasteiger partial charge >= 0.3 is 0 Å². The van der Waals surface area contributed by atoms with Gasteiger partial charge in [0, 0.05) is 11.9 Å². The summed E-state index contributed by atoms with van der Waals surface area (Å²) in [5.74, 6) is 0.465. The number of hydrogen-bond acceptors (Lipinski definition) is 1. The molecule has 0 saturated carbocycles. The molecule has 1 aliphatic rings. The fourth-order valence-corrected chi connectivity index (χ4v) is 3.92. The quantitative estimate of drug-likeness (QED) is 0.436. The Kier molecular flexibility index (Phi) is 7.20. The summed E-state index contributed by atoms with van der Waals surface area (Å²) in [4.78, 5) is 4.97. The van der Waals surface area contributed by atoms with Crippen LogP contribution in [0.15, 0.2) is 53.2 Å². The van der Waals surface area contributed by atoms with Crippen molar-refractivity contribution in [3.63, 3.8) is 0 Å². The number of fused-ring (bicyclic) bond motifs is 1. The summed E-state index contributed by atoms with van der Waals surface area (Å²) in [7, 11) is 0. The second-order valence-electron chi connectivity index (χ2n) is 7.61. The topological polar surface area (TPSA) is 12.4 Å². The van der Waals surface area contributed by atoms with Gasteiger partial charge in [0.15, 0.2) is 0 Å². The van der Waals surface area contributed by atoms with Gasteiger partial charge in [-0.1, -0.05) is 75.8 Å². The van der Waals surface area contributed by atoms with Crippen LogP contribution in [-0.4, -0.2) is 5.71 Å². The molecule has 2 rings (SSSR count). The van der Waals surface area contributed by atoms with Crippen molar-refractivity contribution in [3.8, 4) is 0 Å². The van der Waals surface area contributed by atoms with Crippen LogP contribution in [0, 0.1) is 11.3 Å². The van der Waals surface area contributed by atoms with Crippen LogP contribution in [0.4, 0.5) is 0 Å². The average molecular weight is 350 g/mol. The normalized spacial score (nSPS) is 20.7. The Bertz CT molecular complexity index is 822. The summed E-state index contributed by atoms with van der Waals surface area (Å²) < 4.78 is 0. The van der Waals surface area contributed by atoms with Gasteiger partial charge < -0.3 is 0 Å². The van der Waals surface area contributed by atoms with Crippen molar-refractivity contribution in [1.82, 2.24) is 0 Å². The van der Waals surface area contributed by atoms with Crippen molar-refractivity contribution in [2.75, 3.05) is 0 Å². The minimum Gasteiger partial charge on any atom is -0.261 e. The molecule has 1 aromatic rings. The Balaban J connectivity index is 2.76. The molecule has 0 heterocycles. The number of nitrogens with zero attached hydrogens (tertiary/aromatic N) is 1. The lowest BCUT2D eigenvalue weighted by Crippen LogP contribution is -2.40. The Hall–Kier alpha value is -1.89. The molecule has 2 unspecified atom stereocenters. The Morgan fingerprint density at radius 1 is 1.19 bits per heavy atom. The molecule has 0 bridgehead atoms. The zero-order valence-corrected chi connectivity index (χ0v) is 17.5. The molecule has 0 aromatic heterocycles. The molecule has 0 spiro atoms. The maximum Gasteiger partial charge on any atom is 0.0442 e. The fraction of sp³-hybridized carbons (Fsp3) is 0.480. The second-order valence-corrected chi connectivity index (χ2v) is 7.61. The molecular formula is C25H35N. The number of rotatable bonds is 7. The first-order chi connectivity index (χ1) is 12.5. The van der Waals surface area contributed by atoms with E-state index in [2.05, 4.69) is 90.2 Å². The van der Waals surface area contributed by atoms with E-state index in [9.17, 15) is 0 Å². The van der Waals surface area contributed by atoms with Crippen LogP contribution >= 0.6 is 0 Å². The van der Waals surface area contributed by atoms with Crippen molar-refractivity contribution in [3.05, 3.63) is 58.6 Å². The fourth-order valence-electron chi connectivity index (χ4n) is 3.92. The SMILES string of the molecule is CC=CC(C)(CC)C1CC=c2ccccc2=C1C(CC)=N/C=C(/C)CC. The van der Waals surface area contributed by atoms with Crippen LogP contribution in [0.5, 0.6) is 0 Å². The predicted molar refractivity (Wildman–Crippen MR) is 117 cm³/mol. The first kappa shape index (κ1) is 20.4. The molecule has 140 valence electrons. The first-order valence-corrected chi connectivity index (χ1v) is 10.2. The number of allylic oxidation sites excluding steroid dienone is 3. The molecule has 0 N–H and O–H groups in total. The van der Waals surface area contributed by atoms with Crippen LogP contribution in [0.25, 0.3) is 11.6 Å². The first-order valence-electron chi connectivity index (χ1n) is 10.2. The van der Waals surface area contributed by atoms with Gasteiger partial charge in [0.2, 0.25) is 0 Å². The summed E-state index contributed by atoms with van der Waals surface area (Å²) in [6.07, 6.45) is 13.3. The van der Waals surface area contributed by atoms with Crippen molar-refractivity contribution in [2.45, 2.75) is 67.2 Å². The largest absolute Gasteiger partial charge is 0.261 e. The third-order valence-electron chi connectivity index (χ3n) is 5.92. The molecule has 0 saturated heterocycles. The molecule has 1 aliphatic carbocycles. The van der Waals surface area contributed by atoms with Gasteiger partial charge in [0.25, 0.3) is 0 Å². The van der Waals surface area contributed by atoms with E-state index in [0.29, 0.717) is 5.92 Å². The Labute approximate surface area is 159 Å². The molecule has 0 amide bonds. The molecule has 2 atom stereocenters. The lowest BCUT2D eigenvalue weighted by molar-refractivity contribution is 0.311. The van der Waals surface area contributed by atoms with E-state index in [1.54, 1.807) is 0 Å². The highest BCUT2D eigenvalue weighted by molar-refractivity contribution is 6.19. The molecule has 1 aromatic carbocycles. The summed E-state index contributed by atoms with van der Waals surface area (Å²) >= 11 is 0. The van der Waals surface area contributed by atoms with Gasteiger partial charge in [0.1, 0.15) is 0 Å². The van der Waals surface area contributed by atoms with Crippen LogP contribution in [-0.2, 0) is 0 Å². The van der Waals surface area contributed by atoms with E-state index < -0.39 is 0 Å². The molecular weight excluding hydrogens is 314 g/mol. The highest BCUT2D eigenvalue weighted by atomic mass is 14.7. The molecule has 26 heavy (non-hydrogen) atoms. The highest BCUT2D eigenvalue weighted by Crippen LogP contribution is 2.42. The van der Waals surface area contributed by atoms with Crippen LogP contribution < -0.4 is 10.4 Å². The van der Waals surface area contributed by atoms with Gasteiger partial charge in [-0.2, -0.15) is 0 Å². The number of hydrogen-bond donors (Lipinski definition) is 0. The number of benzene rings is 1. The van der Waals surface area contributed by atoms with E-state index in [1.165, 1.54) is 27.3 Å². The van der Waals surface area contributed by atoms with E-state index in [0.717, 1.165) is 25.7 Å². The summed E-state index contributed by atoms with van der Waals surface area (Å²) in [6, 6.07) is 8.82. The number of aliphatic imine (C=N–C) groups is 1. The maximum atomic E-state index is 4.97. The highest BCUT2D eigenvalue weighted by Gasteiger charge is 2.35. The predicted octanol–water partition coefficient (Wildman–Crippen LogP) is 5.79. The van der Waals surface area contributed by atoms with E-state index in [4.69, 9.17) is 4.99 Å².